The molecule has 1 aromatic heterocycles. The maximum atomic E-state index is 6.03. The van der Waals surface area contributed by atoms with E-state index in [0.717, 1.165) is 37.4 Å². The highest BCUT2D eigenvalue weighted by molar-refractivity contribution is 5.51. The third-order valence-corrected chi connectivity index (χ3v) is 3.87. The predicted octanol–water partition coefficient (Wildman–Crippen LogP) is 1.87. The summed E-state index contributed by atoms with van der Waals surface area (Å²) in [5.41, 5.74) is 12.0. The van der Waals surface area contributed by atoms with Gasteiger partial charge in [0, 0.05) is 32.4 Å². The summed E-state index contributed by atoms with van der Waals surface area (Å²) in [6, 6.07) is 8.39. The molecule has 2 heterocycles. The summed E-state index contributed by atoms with van der Waals surface area (Å²) < 4.78 is 1.98. The van der Waals surface area contributed by atoms with Crippen LogP contribution in [0.15, 0.2) is 24.3 Å². The maximum absolute atomic E-state index is 6.03. The highest BCUT2D eigenvalue weighted by atomic mass is 15.3. The molecule has 0 aliphatic carbocycles. The zero-order valence-electron chi connectivity index (χ0n) is 11.6. The van der Waals surface area contributed by atoms with Crippen LogP contribution < -0.4 is 5.73 Å². The first-order chi connectivity index (χ1) is 9.13. The number of hydrogen-bond donors (Lipinski definition) is 1. The number of benzene rings is 1. The van der Waals surface area contributed by atoms with E-state index < -0.39 is 0 Å². The van der Waals surface area contributed by atoms with Crippen molar-refractivity contribution < 1.29 is 0 Å². The van der Waals surface area contributed by atoms with Crippen molar-refractivity contribution in [1.29, 1.82) is 0 Å². The molecular formula is C15H20N4. The van der Waals surface area contributed by atoms with Crippen LogP contribution in [0.5, 0.6) is 0 Å². The second kappa shape index (κ2) is 4.70. The van der Waals surface area contributed by atoms with Crippen LogP contribution in [-0.4, -0.2) is 21.2 Å². The summed E-state index contributed by atoms with van der Waals surface area (Å²) >= 11 is 0. The van der Waals surface area contributed by atoms with Crippen molar-refractivity contribution in [2.24, 2.45) is 7.05 Å². The topological polar surface area (TPSA) is 47.1 Å². The normalized spacial score (nSPS) is 15.5. The Bertz CT molecular complexity index is 600. The summed E-state index contributed by atoms with van der Waals surface area (Å²) in [5.74, 6) is 0. The van der Waals surface area contributed by atoms with Gasteiger partial charge in [0.1, 0.15) is 0 Å². The number of nitrogens with zero attached hydrogens (tertiary/aromatic N) is 3. The molecule has 3 rings (SSSR count). The van der Waals surface area contributed by atoms with Crippen LogP contribution in [0, 0.1) is 6.92 Å². The smallest absolute Gasteiger partial charge is 0.0597 e. The zero-order chi connectivity index (χ0) is 13.4. The first-order valence-corrected chi connectivity index (χ1v) is 6.71. The van der Waals surface area contributed by atoms with E-state index in [1.54, 1.807) is 0 Å². The Labute approximate surface area is 113 Å². The van der Waals surface area contributed by atoms with Gasteiger partial charge in [0.25, 0.3) is 0 Å². The molecule has 0 amide bonds. The average molecular weight is 256 g/mol. The minimum absolute atomic E-state index is 0.938. The molecule has 0 saturated carbocycles. The monoisotopic (exact) mass is 256 g/mol. The van der Waals surface area contributed by atoms with Gasteiger partial charge < -0.3 is 5.73 Å². The van der Waals surface area contributed by atoms with Gasteiger partial charge in [-0.2, -0.15) is 5.10 Å². The number of anilines is 1. The largest absolute Gasteiger partial charge is 0.398 e. The molecule has 0 bridgehead atoms. The summed E-state index contributed by atoms with van der Waals surface area (Å²) in [6.45, 7) is 5.03. The van der Waals surface area contributed by atoms with Gasteiger partial charge in [-0.05, 0) is 36.6 Å². The Morgan fingerprint density at radius 2 is 2.21 bits per heavy atom. The zero-order valence-corrected chi connectivity index (χ0v) is 11.6. The van der Waals surface area contributed by atoms with Crippen LogP contribution in [0.2, 0.25) is 0 Å². The minimum atomic E-state index is 0.938. The van der Waals surface area contributed by atoms with Crippen molar-refractivity contribution in [3.05, 3.63) is 46.8 Å². The van der Waals surface area contributed by atoms with E-state index >= 15 is 0 Å². The number of nitrogens with two attached hydrogens (primary N) is 1. The third-order valence-electron chi connectivity index (χ3n) is 3.87. The van der Waals surface area contributed by atoms with Crippen LogP contribution in [0.1, 0.15) is 22.5 Å². The van der Waals surface area contributed by atoms with E-state index in [-0.39, 0.29) is 0 Å². The lowest BCUT2D eigenvalue weighted by Crippen LogP contribution is -2.31. The van der Waals surface area contributed by atoms with Crippen molar-refractivity contribution in [3.8, 4) is 0 Å². The van der Waals surface area contributed by atoms with E-state index in [1.165, 1.54) is 16.8 Å². The van der Waals surface area contributed by atoms with Crippen molar-refractivity contribution in [2.75, 3.05) is 12.3 Å². The lowest BCUT2D eigenvalue weighted by molar-refractivity contribution is 0.239. The second-order valence-electron chi connectivity index (χ2n) is 5.35. The fourth-order valence-corrected chi connectivity index (χ4v) is 2.87. The van der Waals surface area contributed by atoms with E-state index in [0.29, 0.717) is 0 Å². The molecule has 0 atom stereocenters. The van der Waals surface area contributed by atoms with Crippen molar-refractivity contribution in [1.82, 2.24) is 14.7 Å². The van der Waals surface area contributed by atoms with Gasteiger partial charge in [-0.3, -0.25) is 9.58 Å². The number of aryl methyl sites for hydroxylation is 2. The molecule has 0 fully saturated rings. The van der Waals surface area contributed by atoms with Gasteiger partial charge in [0.2, 0.25) is 0 Å². The average Bonchev–Trinajstić information content (AvgIpc) is 2.68. The fourth-order valence-electron chi connectivity index (χ4n) is 2.87. The van der Waals surface area contributed by atoms with Crippen LogP contribution in [0.25, 0.3) is 0 Å². The minimum Gasteiger partial charge on any atom is -0.398 e. The second-order valence-corrected chi connectivity index (χ2v) is 5.35. The molecule has 0 unspecified atom stereocenters. The molecule has 100 valence electrons. The van der Waals surface area contributed by atoms with Crippen molar-refractivity contribution in [3.63, 3.8) is 0 Å². The van der Waals surface area contributed by atoms with Gasteiger partial charge in [-0.15, -0.1) is 0 Å². The Balaban J connectivity index is 1.77. The molecule has 19 heavy (non-hydrogen) atoms. The molecule has 0 saturated heterocycles. The Morgan fingerprint density at radius 3 is 2.95 bits per heavy atom. The number of hydrogen-bond acceptors (Lipinski definition) is 3. The first kappa shape index (κ1) is 12.2. The molecule has 1 aromatic carbocycles. The van der Waals surface area contributed by atoms with Gasteiger partial charge >= 0.3 is 0 Å². The Morgan fingerprint density at radius 1 is 1.37 bits per heavy atom. The van der Waals surface area contributed by atoms with E-state index in [1.807, 2.05) is 30.8 Å². The van der Waals surface area contributed by atoms with E-state index in [4.69, 9.17) is 5.73 Å². The first-order valence-electron chi connectivity index (χ1n) is 6.71. The Kier molecular flexibility index (Phi) is 3.03. The van der Waals surface area contributed by atoms with Gasteiger partial charge in [0.05, 0.1) is 11.4 Å². The third kappa shape index (κ3) is 2.36. The molecular weight excluding hydrogens is 236 g/mol. The molecule has 1 aliphatic rings. The van der Waals surface area contributed by atoms with Crippen molar-refractivity contribution >= 4 is 5.69 Å². The lowest BCUT2D eigenvalue weighted by atomic mass is 9.98. The van der Waals surface area contributed by atoms with Gasteiger partial charge in [-0.1, -0.05) is 12.1 Å². The SMILES string of the molecule is Cc1cc(CN2CCc3c(N)cccc3C2)n(C)n1. The lowest BCUT2D eigenvalue weighted by Gasteiger charge is -2.29. The van der Waals surface area contributed by atoms with Crippen LogP contribution in [0.3, 0.4) is 0 Å². The molecule has 1 aliphatic heterocycles. The Hall–Kier alpha value is -1.81. The molecule has 4 nitrogen and oxygen atoms in total. The van der Waals surface area contributed by atoms with E-state index in [9.17, 15) is 0 Å². The van der Waals surface area contributed by atoms with Crippen LogP contribution >= 0.6 is 0 Å². The van der Waals surface area contributed by atoms with Gasteiger partial charge in [-0.25, -0.2) is 0 Å². The summed E-state index contributed by atoms with van der Waals surface area (Å²) in [6.07, 6.45) is 1.04. The highest BCUT2D eigenvalue weighted by Crippen LogP contribution is 2.25. The standard InChI is InChI=1S/C15H20N4/c1-11-8-13(18(2)17-11)10-19-7-6-14-12(9-19)4-3-5-15(14)16/h3-5,8H,6-7,9-10,16H2,1-2H3. The quantitative estimate of drug-likeness (QED) is 0.834. The number of rotatable bonds is 2. The molecule has 2 N–H and O–H groups in total. The van der Waals surface area contributed by atoms with Crippen molar-refractivity contribution in [2.45, 2.75) is 26.4 Å². The highest BCUT2D eigenvalue weighted by Gasteiger charge is 2.18. The predicted molar refractivity (Wildman–Crippen MR) is 76.6 cm³/mol. The summed E-state index contributed by atoms with van der Waals surface area (Å²) in [4.78, 5) is 2.46. The number of fused-ring (bicyclic) bond motifs is 1. The molecule has 4 heteroatoms. The number of aromatic nitrogens is 2. The fraction of sp³-hybridized carbons (Fsp3) is 0.400. The van der Waals surface area contributed by atoms with Crippen LogP contribution in [-0.2, 0) is 26.6 Å². The van der Waals surface area contributed by atoms with Gasteiger partial charge in [0.15, 0.2) is 0 Å². The van der Waals surface area contributed by atoms with Crippen LogP contribution in [0.4, 0.5) is 5.69 Å². The number of nitrogen functional groups attached to an aromatic ring is 1. The summed E-state index contributed by atoms with van der Waals surface area (Å²) in [5, 5.41) is 4.40. The molecule has 0 radical (unpaired) electrons. The van der Waals surface area contributed by atoms with E-state index in [2.05, 4.69) is 22.1 Å². The molecule has 0 spiro atoms. The molecule has 2 aromatic rings. The summed E-state index contributed by atoms with van der Waals surface area (Å²) in [7, 11) is 2.01. The maximum Gasteiger partial charge on any atom is 0.0597 e.